The van der Waals surface area contributed by atoms with Gasteiger partial charge in [0, 0.05) is 19.3 Å². The van der Waals surface area contributed by atoms with Gasteiger partial charge in [-0.15, -0.1) is 0 Å². The molecule has 224 valence electrons. The van der Waals surface area contributed by atoms with E-state index in [1.165, 1.54) is 57.8 Å². The zero-order chi connectivity index (χ0) is 28.4. The van der Waals surface area contributed by atoms with Crippen molar-refractivity contribution in [2.75, 3.05) is 27.1 Å². The molecule has 0 saturated carbocycles. The number of allylic oxidation sites excluding steroid dienone is 1. The number of aliphatic hydroxyl groups excluding tert-OH is 1. The van der Waals surface area contributed by atoms with E-state index in [0.717, 1.165) is 57.3 Å². The second kappa shape index (κ2) is 25.1. The van der Waals surface area contributed by atoms with E-state index >= 15 is 0 Å². The molecule has 1 amide bonds. The highest BCUT2D eigenvalue weighted by molar-refractivity contribution is 5.94. The molecule has 2 N–H and O–H groups in total. The molecule has 0 spiro atoms. The number of amides is 1. The van der Waals surface area contributed by atoms with Crippen molar-refractivity contribution in [3.63, 3.8) is 0 Å². The van der Waals surface area contributed by atoms with Gasteiger partial charge in [-0.3, -0.25) is 4.79 Å². The van der Waals surface area contributed by atoms with Gasteiger partial charge >= 0.3 is 0 Å². The minimum atomic E-state index is -0.697. The third-order valence-corrected chi connectivity index (χ3v) is 6.95. The molecular weight excluding hydrogens is 490 g/mol. The smallest absolute Gasteiger partial charge is 0.251 e. The van der Waals surface area contributed by atoms with Gasteiger partial charge in [0.05, 0.1) is 18.8 Å². The highest BCUT2D eigenvalue weighted by atomic mass is 16.7. The number of nitrogens with one attached hydrogen (secondary N) is 1. The van der Waals surface area contributed by atoms with Crippen LogP contribution >= 0.6 is 0 Å². The van der Waals surface area contributed by atoms with Crippen molar-refractivity contribution in [3.05, 3.63) is 42.0 Å². The Kier molecular flexibility index (Phi) is 22.6. The average Bonchev–Trinajstić information content (AvgIpc) is 2.94. The number of unbranched alkanes of at least 4 members (excludes halogenated alkanes) is 14. The molecule has 0 heterocycles. The molecule has 39 heavy (non-hydrogen) atoms. The van der Waals surface area contributed by atoms with Crippen LogP contribution in [0.15, 0.2) is 36.4 Å². The fraction of sp³-hybridized carbons (Fsp3) is 0.727. The number of methoxy groups -OCH3 is 1. The molecule has 6 nitrogen and oxygen atoms in total. The van der Waals surface area contributed by atoms with Crippen molar-refractivity contribution >= 4 is 5.91 Å². The van der Waals surface area contributed by atoms with Crippen LogP contribution < -0.4 is 10.1 Å². The molecule has 0 saturated heterocycles. The molecule has 2 atom stereocenters. The lowest BCUT2D eigenvalue weighted by atomic mass is 10.1. The van der Waals surface area contributed by atoms with Crippen molar-refractivity contribution in [1.82, 2.24) is 5.32 Å². The molecule has 0 bridgehead atoms. The maximum Gasteiger partial charge on any atom is 0.251 e. The van der Waals surface area contributed by atoms with Gasteiger partial charge in [-0.05, 0) is 56.9 Å². The molecule has 1 rings (SSSR count). The van der Waals surface area contributed by atoms with Crippen molar-refractivity contribution in [3.8, 4) is 5.75 Å². The minimum absolute atomic E-state index is 0.189. The molecule has 0 aliphatic carbocycles. The standard InChI is InChI=1S/C33H57NO5/c1-4-5-6-7-8-9-10-11-12-13-15-18-21-32(35)29(2)34-33(36)30-22-24-31(25-23-30)39-27-20-17-14-16-19-26-38-28-37-3/h18,21-25,29,32,35H,4-17,19-20,26-28H2,1-3H3,(H,34,36)/b21-18+/t29-,32-/m1/s1. The molecule has 6 heteroatoms. The Bertz CT molecular complexity index is 721. The van der Waals surface area contributed by atoms with Crippen LogP contribution in [-0.2, 0) is 9.47 Å². The van der Waals surface area contributed by atoms with Crippen LogP contribution in [0.3, 0.4) is 0 Å². The van der Waals surface area contributed by atoms with Crippen molar-refractivity contribution in [1.29, 1.82) is 0 Å². The van der Waals surface area contributed by atoms with E-state index in [0.29, 0.717) is 19.0 Å². The van der Waals surface area contributed by atoms with Gasteiger partial charge in [0.1, 0.15) is 12.5 Å². The van der Waals surface area contributed by atoms with E-state index in [-0.39, 0.29) is 11.9 Å². The van der Waals surface area contributed by atoms with Gasteiger partial charge < -0.3 is 24.6 Å². The SMILES string of the molecule is CCCCCCCCCCCC/C=C/[C@@H](O)[C@@H](C)NC(=O)c1ccc(OCCCCCCCOCOC)cc1. The molecule has 0 aliphatic rings. The van der Waals surface area contributed by atoms with E-state index < -0.39 is 6.10 Å². The van der Waals surface area contributed by atoms with E-state index in [4.69, 9.17) is 14.2 Å². The topological polar surface area (TPSA) is 77.0 Å². The second-order valence-electron chi connectivity index (χ2n) is 10.6. The Hall–Kier alpha value is -1.89. The third-order valence-electron chi connectivity index (χ3n) is 6.95. The van der Waals surface area contributed by atoms with Gasteiger partial charge in [-0.2, -0.15) is 0 Å². The van der Waals surface area contributed by atoms with E-state index in [1.807, 2.05) is 31.2 Å². The summed E-state index contributed by atoms with van der Waals surface area (Å²) in [5.74, 6) is 0.577. The summed E-state index contributed by atoms with van der Waals surface area (Å²) in [5.41, 5.74) is 0.562. The first-order chi connectivity index (χ1) is 19.1. The number of ether oxygens (including phenoxy) is 3. The first kappa shape index (κ1) is 35.1. The maximum absolute atomic E-state index is 12.6. The van der Waals surface area contributed by atoms with Crippen LogP contribution in [0.4, 0.5) is 0 Å². The predicted octanol–water partition coefficient (Wildman–Crippen LogP) is 7.98. The van der Waals surface area contributed by atoms with E-state index in [1.54, 1.807) is 19.2 Å². The Morgan fingerprint density at radius 1 is 0.846 bits per heavy atom. The lowest BCUT2D eigenvalue weighted by molar-refractivity contribution is -0.0315. The van der Waals surface area contributed by atoms with Crippen LogP contribution in [0.1, 0.15) is 127 Å². The number of benzene rings is 1. The highest BCUT2D eigenvalue weighted by Crippen LogP contribution is 2.14. The molecule has 0 unspecified atom stereocenters. The number of hydrogen-bond donors (Lipinski definition) is 2. The summed E-state index contributed by atoms with van der Waals surface area (Å²) >= 11 is 0. The van der Waals surface area contributed by atoms with Gasteiger partial charge in [-0.1, -0.05) is 96.1 Å². The van der Waals surface area contributed by atoms with E-state index in [9.17, 15) is 9.90 Å². The lowest BCUT2D eigenvalue weighted by Gasteiger charge is -2.17. The van der Waals surface area contributed by atoms with Crippen LogP contribution in [0.5, 0.6) is 5.75 Å². The van der Waals surface area contributed by atoms with Gasteiger partial charge in [0.15, 0.2) is 0 Å². The Balaban J connectivity index is 2.12. The summed E-state index contributed by atoms with van der Waals surface area (Å²) < 4.78 is 15.9. The van der Waals surface area contributed by atoms with Gasteiger partial charge in [0.2, 0.25) is 0 Å². The van der Waals surface area contributed by atoms with Crippen molar-refractivity contribution in [2.24, 2.45) is 0 Å². The third kappa shape index (κ3) is 19.8. The van der Waals surface area contributed by atoms with Crippen molar-refractivity contribution < 1.29 is 24.1 Å². The molecule has 1 aromatic carbocycles. The highest BCUT2D eigenvalue weighted by Gasteiger charge is 2.15. The summed E-state index contributed by atoms with van der Waals surface area (Å²) in [7, 11) is 1.63. The van der Waals surface area contributed by atoms with Crippen LogP contribution in [0.25, 0.3) is 0 Å². The normalized spacial score (nSPS) is 13.0. The first-order valence-corrected chi connectivity index (χ1v) is 15.5. The summed E-state index contributed by atoms with van der Waals surface area (Å²) in [4.78, 5) is 12.6. The van der Waals surface area contributed by atoms with Gasteiger partial charge in [-0.25, -0.2) is 0 Å². The Morgan fingerprint density at radius 2 is 1.41 bits per heavy atom. The van der Waals surface area contributed by atoms with Crippen LogP contribution in [0.2, 0.25) is 0 Å². The number of carbonyl (C=O) groups excluding carboxylic acids is 1. The zero-order valence-corrected chi connectivity index (χ0v) is 25.1. The van der Waals surface area contributed by atoms with Gasteiger partial charge in [0.25, 0.3) is 5.91 Å². The molecule has 0 aliphatic heterocycles. The van der Waals surface area contributed by atoms with E-state index in [2.05, 4.69) is 12.2 Å². The van der Waals surface area contributed by atoms with Crippen molar-refractivity contribution in [2.45, 2.75) is 129 Å². The average molecular weight is 548 g/mol. The molecule has 0 aromatic heterocycles. The number of rotatable bonds is 26. The summed E-state index contributed by atoms with van der Waals surface area (Å²) in [6.07, 6.45) is 22.8. The molecule has 0 radical (unpaired) electrons. The summed E-state index contributed by atoms with van der Waals surface area (Å²) in [5, 5.41) is 13.3. The molecule has 0 fully saturated rings. The summed E-state index contributed by atoms with van der Waals surface area (Å²) in [6, 6.07) is 6.84. The first-order valence-electron chi connectivity index (χ1n) is 15.5. The number of hydrogen-bond acceptors (Lipinski definition) is 5. The number of aliphatic hydroxyl groups is 1. The van der Waals surface area contributed by atoms with Crippen LogP contribution in [0, 0.1) is 0 Å². The largest absolute Gasteiger partial charge is 0.494 e. The Labute approximate surface area is 238 Å². The fourth-order valence-electron chi connectivity index (χ4n) is 4.40. The minimum Gasteiger partial charge on any atom is -0.494 e. The fourth-order valence-corrected chi connectivity index (χ4v) is 4.40. The monoisotopic (exact) mass is 547 g/mol. The predicted molar refractivity (Wildman–Crippen MR) is 161 cm³/mol. The second-order valence-corrected chi connectivity index (χ2v) is 10.6. The zero-order valence-electron chi connectivity index (χ0n) is 25.1. The maximum atomic E-state index is 12.6. The summed E-state index contributed by atoms with van der Waals surface area (Å²) in [6.45, 7) is 5.87. The van der Waals surface area contributed by atoms with Crippen LogP contribution in [-0.4, -0.2) is 50.3 Å². The quantitative estimate of drug-likeness (QED) is 0.0698. The Morgan fingerprint density at radius 3 is 2.03 bits per heavy atom. The lowest BCUT2D eigenvalue weighted by Crippen LogP contribution is -2.40. The molecule has 1 aromatic rings. The number of carbonyl (C=O) groups is 1. The molecular formula is C33H57NO5.